The van der Waals surface area contributed by atoms with Gasteiger partial charge in [-0.1, -0.05) is 18.9 Å². The minimum Gasteiger partial charge on any atom is -0.497 e. The van der Waals surface area contributed by atoms with Gasteiger partial charge < -0.3 is 9.64 Å². The van der Waals surface area contributed by atoms with Gasteiger partial charge in [-0.3, -0.25) is 14.4 Å². The second-order valence-corrected chi connectivity index (χ2v) is 8.89. The van der Waals surface area contributed by atoms with E-state index in [1.165, 1.54) is 4.90 Å². The fourth-order valence-electron chi connectivity index (χ4n) is 4.34. The van der Waals surface area contributed by atoms with Crippen LogP contribution < -0.4 is 9.64 Å². The zero-order valence-electron chi connectivity index (χ0n) is 16.7. The van der Waals surface area contributed by atoms with Crippen molar-refractivity contribution in [3.63, 3.8) is 0 Å². The van der Waals surface area contributed by atoms with E-state index in [2.05, 4.69) is 22.6 Å². The third-order valence-electron chi connectivity index (χ3n) is 5.81. The molecular formula is C23H23IN2O4. The monoisotopic (exact) mass is 518 g/mol. The van der Waals surface area contributed by atoms with Gasteiger partial charge in [0.05, 0.1) is 19.2 Å². The van der Waals surface area contributed by atoms with E-state index in [9.17, 15) is 14.4 Å². The van der Waals surface area contributed by atoms with E-state index >= 15 is 0 Å². The van der Waals surface area contributed by atoms with Crippen molar-refractivity contribution in [3.8, 4) is 5.75 Å². The Morgan fingerprint density at radius 3 is 2.47 bits per heavy atom. The number of benzene rings is 2. The van der Waals surface area contributed by atoms with Gasteiger partial charge in [-0.25, -0.2) is 4.90 Å². The number of methoxy groups -OCH3 is 1. The molecule has 1 aliphatic carbocycles. The molecule has 0 spiro atoms. The average molecular weight is 518 g/mol. The lowest BCUT2D eigenvalue weighted by atomic mass is 10.1. The summed E-state index contributed by atoms with van der Waals surface area (Å²) in [4.78, 5) is 42.5. The van der Waals surface area contributed by atoms with Crippen molar-refractivity contribution in [2.24, 2.45) is 0 Å². The maximum atomic E-state index is 13.5. The van der Waals surface area contributed by atoms with Crippen LogP contribution in [-0.4, -0.2) is 41.8 Å². The Labute approximate surface area is 189 Å². The maximum absolute atomic E-state index is 13.5. The van der Waals surface area contributed by atoms with Gasteiger partial charge in [0, 0.05) is 15.2 Å². The van der Waals surface area contributed by atoms with E-state index in [0.717, 1.165) is 29.3 Å². The zero-order chi connectivity index (χ0) is 21.3. The van der Waals surface area contributed by atoms with Crippen LogP contribution >= 0.6 is 22.6 Å². The molecule has 2 aromatic rings. The number of carbonyl (C=O) groups is 3. The minimum absolute atomic E-state index is 0.0109. The highest BCUT2D eigenvalue weighted by molar-refractivity contribution is 14.1. The van der Waals surface area contributed by atoms with Gasteiger partial charge in [-0.15, -0.1) is 0 Å². The summed E-state index contributed by atoms with van der Waals surface area (Å²) in [6.45, 7) is 0. The normalized spacial score (nSPS) is 19.4. The van der Waals surface area contributed by atoms with Gasteiger partial charge in [-0.2, -0.15) is 0 Å². The van der Waals surface area contributed by atoms with Crippen molar-refractivity contribution in [2.45, 2.75) is 44.2 Å². The van der Waals surface area contributed by atoms with E-state index < -0.39 is 6.04 Å². The van der Waals surface area contributed by atoms with E-state index in [1.54, 1.807) is 48.4 Å². The fraction of sp³-hybridized carbons (Fsp3) is 0.348. The molecule has 6 nitrogen and oxygen atoms in total. The van der Waals surface area contributed by atoms with Crippen LogP contribution in [0.2, 0.25) is 0 Å². The smallest absolute Gasteiger partial charge is 0.257 e. The second-order valence-electron chi connectivity index (χ2n) is 7.65. The third kappa shape index (κ3) is 3.95. The Morgan fingerprint density at radius 2 is 1.80 bits per heavy atom. The van der Waals surface area contributed by atoms with E-state index in [1.807, 2.05) is 12.1 Å². The Balaban J connectivity index is 1.67. The summed E-state index contributed by atoms with van der Waals surface area (Å²) in [5, 5.41) is 0. The number of anilines is 1. The lowest BCUT2D eigenvalue weighted by molar-refractivity contribution is -0.123. The molecule has 1 atom stereocenters. The molecular weight excluding hydrogens is 495 g/mol. The van der Waals surface area contributed by atoms with Gasteiger partial charge in [-0.05, 0) is 77.9 Å². The molecule has 1 aliphatic heterocycles. The number of carbonyl (C=O) groups excluding carboxylic acids is 3. The lowest BCUT2D eigenvalue weighted by Gasteiger charge is -2.33. The van der Waals surface area contributed by atoms with Crippen LogP contribution in [-0.2, 0) is 9.59 Å². The number of halogens is 1. The van der Waals surface area contributed by atoms with Gasteiger partial charge in [0.15, 0.2) is 0 Å². The highest BCUT2D eigenvalue weighted by Crippen LogP contribution is 2.33. The molecule has 156 valence electrons. The van der Waals surface area contributed by atoms with E-state index in [0.29, 0.717) is 17.0 Å². The molecule has 2 aromatic carbocycles. The molecule has 0 radical (unpaired) electrons. The molecule has 2 aliphatic rings. The SMILES string of the molecule is COc1cccc(C(=O)N(C2CCCC2)C2CC(=O)N(c3ccc(I)cc3)C2=O)c1. The molecule has 3 amide bonds. The van der Waals surface area contributed by atoms with Crippen LogP contribution in [0.25, 0.3) is 0 Å². The highest BCUT2D eigenvalue weighted by atomic mass is 127. The standard InChI is InChI=1S/C23H23IN2O4/c1-30-19-8-4-5-15(13-19)22(28)25(17-6-2-3-7-17)20-14-21(27)26(23(20)29)18-11-9-16(24)10-12-18/h4-5,8-13,17,20H,2-3,6-7,14H2,1H3. The molecule has 2 fully saturated rings. The zero-order valence-corrected chi connectivity index (χ0v) is 18.9. The molecule has 1 unspecified atom stereocenters. The largest absolute Gasteiger partial charge is 0.497 e. The van der Waals surface area contributed by atoms with Crippen LogP contribution in [0.15, 0.2) is 48.5 Å². The summed E-state index contributed by atoms with van der Waals surface area (Å²) in [6.07, 6.45) is 3.73. The molecule has 30 heavy (non-hydrogen) atoms. The summed E-state index contributed by atoms with van der Waals surface area (Å²) >= 11 is 2.18. The molecule has 4 rings (SSSR count). The van der Waals surface area contributed by atoms with Gasteiger partial charge in [0.2, 0.25) is 5.91 Å². The number of hydrogen-bond donors (Lipinski definition) is 0. The Bertz CT molecular complexity index is 969. The first-order chi connectivity index (χ1) is 14.5. The summed E-state index contributed by atoms with van der Waals surface area (Å²) < 4.78 is 6.28. The van der Waals surface area contributed by atoms with Crippen molar-refractivity contribution < 1.29 is 19.1 Å². The average Bonchev–Trinajstić information content (AvgIpc) is 3.38. The summed E-state index contributed by atoms with van der Waals surface area (Å²) in [5.74, 6) is -0.241. The molecule has 1 saturated carbocycles. The van der Waals surface area contributed by atoms with Gasteiger partial charge in [0.1, 0.15) is 11.8 Å². The number of rotatable bonds is 5. The second kappa shape index (κ2) is 8.75. The van der Waals surface area contributed by atoms with Crippen molar-refractivity contribution >= 4 is 46.0 Å². The van der Waals surface area contributed by atoms with Gasteiger partial charge >= 0.3 is 0 Å². The maximum Gasteiger partial charge on any atom is 0.257 e. The third-order valence-corrected chi connectivity index (χ3v) is 6.53. The molecule has 1 saturated heterocycles. The topological polar surface area (TPSA) is 66.9 Å². The van der Waals surface area contributed by atoms with Crippen LogP contribution in [0.1, 0.15) is 42.5 Å². The van der Waals surface area contributed by atoms with Crippen molar-refractivity contribution in [3.05, 3.63) is 57.7 Å². The summed E-state index contributed by atoms with van der Waals surface area (Å²) in [5.41, 5.74) is 1.02. The van der Waals surface area contributed by atoms with Crippen LogP contribution in [0, 0.1) is 3.57 Å². The van der Waals surface area contributed by atoms with Crippen molar-refractivity contribution in [1.29, 1.82) is 0 Å². The Morgan fingerprint density at radius 1 is 1.10 bits per heavy atom. The number of nitrogens with zero attached hydrogens (tertiary/aromatic N) is 2. The Kier molecular flexibility index (Phi) is 6.08. The summed E-state index contributed by atoms with van der Waals surface area (Å²) in [6, 6.07) is 13.4. The molecule has 7 heteroatoms. The number of hydrogen-bond acceptors (Lipinski definition) is 4. The van der Waals surface area contributed by atoms with Crippen LogP contribution in [0.5, 0.6) is 5.75 Å². The van der Waals surface area contributed by atoms with Gasteiger partial charge in [0.25, 0.3) is 11.8 Å². The number of imide groups is 1. The van der Waals surface area contributed by atoms with Crippen molar-refractivity contribution in [1.82, 2.24) is 4.90 Å². The quantitative estimate of drug-likeness (QED) is 0.443. The molecule has 0 bridgehead atoms. The van der Waals surface area contributed by atoms with Crippen LogP contribution in [0.4, 0.5) is 5.69 Å². The first kappa shape index (κ1) is 20.8. The number of amides is 3. The Hall–Kier alpha value is -2.42. The predicted octanol–water partition coefficient (Wildman–Crippen LogP) is 4.02. The lowest BCUT2D eigenvalue weighted by Crippen LogP contribution is -2.50. The van der Waals surface area contributed by atoms with Crippen LogP contribution in [0.3, 0.4) is 0 Å². The molecule has 0 aromatic heterocycles. The minimum atomic E-state index is -0.779. The number of ether oxygens (including phenoxy) is 1. The first-order valence-electron chi connectivity index (χ1n) is 10.1. The highest BCUT2D eigenvalue weighted by Gasteiger charge is 2.47. The predicted molar refractivity (Wildman–Crippen MR) is 121 cm³/mol. The molecule has 1 heterocycles. The first-order valence-corrected chi connectivity index (χ1v) is 11.2. The van der Waals surface area contributed by atoms with Crippen molar-refractivity contribution in [2.75, 3.05) is 12.0 Å². The summed E-state index contributed by atoms with van der Waals surface area (Å²) in [7, 11) is 1.55. The molecule has 0 N–H and O–H groups in total. The fourth-order valence-corrected chi connectivity index (χ4v) is 4.70. The van der Waals surface area contributed by atoms with E-state index in [4.69, 9.17) is 4.74 Å². The van der Waals surface area contributed by atoms with E-state index in [-0.39, 0.29) is 30.2 Å².